The van der Waals surface area contributed by atoms with Crippen LogP contribution in [0.15, 0.2) is 132 Å². The monoisotopic (exact) mass is 708 g/mol. The van der Waals surface area contributed by atoms with Crippen molar-refractivity contribution in [1.82, 2.24) is 24.7 Å². The molecule has 0 saturated carbocycles. The van der Waals surface area contributed by atoms with Gasteiger partial charge in [0.1, 0.15) is 5.75 Å². The molecule has 52 heavy (non-hydrogen) atoms. The molecule has 12 heteroatoms. The quantitative estimate of drug-likeness (QED) is 0.121. The largest absolute Gasteiger partial charge is 0.497 e. The summed E-state index contributed by atoms with van der Waals surface area (Å²) < 4.78 is 35.8. The van der Waals surface area contributed by atoms with Gasteiger partial charge in [0.05, 0.1) is 23.4 Å². The molecule has 3 N–H and O–H groups in total. The van der Waals surface area contributed by atoms with E-state index in [1.54, 1.807) is 48.2 Å². The Labute approximate surface area is 302 Å². The molecular weight excluding hydrogens is 673 g/mol. The minimum atomic E-state index is -3.76. The van der Waals surface area contributed by atoms with Crippen LogP contribution in [0, 0.1) is 20.8 Å². The van der Waals surface area contributed by atoms with Crippen molar-refractivity contribution in [3.8, 4) is 34.2 Å². The van der Waals surface area contributed by atoms with Gasteiger partial charge in [-0.25, -0.2) is 8.42 Å². The summed E-state index contributed by atoms with van der Waals surface area (Å²) in [6.07, 6.45) is 0. The van der Waals surface area contributed by atoms with Crippen molar-refractivity contribution >= 4 is 39.0 Å². The maximum absolute atomic E-state index is 13.0. The lowest BCUT2D eigenvalue weighted by Crippen LogP contribution is -2.12. The van der Waals surface area contributed by atoms with Gasteiger partial charge in [0.2, 0.25) is 11.9 Å². The molecule has 0 radical (unpaired) electrons. The second-order valence-electron chi connectivity index (χ2n) is 12.2. The first-order valence-electron chi connectivity index (χ1n) is 16.5. The fourth-order valence-electron chi connectivity index (χ4n) is 5.52. The number of nitrogens with one attached hydrogen (secondary N) is 3. The Morgan fingerprint density at radius 3 is 1.75 bits per heavy atom. The maximum Gasteiger partial charge on any atom is 0.261 e. The van der Waals surface area contributed by atoms with Crippen molar-refractivity contribution in [2.24, 2.45) is 0 Å². The number of hydrogen-bond acceptors (Lipinski definition) is 9. The minimum Gasteiger partial charge on any atom is -0.497 e. The number of anilines is 5. The summed E-state index contributed by atoms with van der Waals surface area (Å²) in [5.74, 6) is 1.66. The van der Waals surface area contributed by atoms with Crippen molar-refractivity contribution in [3.63, 3.8) is 0 Å². The molecule has 0 aliphatic heterocycles. The normalized spacial score (nSPS) is 11.2. The Kier molecular flexibility index (Phi) is 9.38. The van der Waals surface area contributed by atoms with E-state index in [9.17, 15) is 8.42 Å². The van der Waals surface area contributed by atoms with Crippen LogP contribution in [0.2, 0.25) is 0 Å². The fourth-order valence-corrected chi connectivity index (χ4v) is 6.58. The first-order valence-corrected chi connectivity index (χ1v) is 18.0. The van der Waals surface area contributed by atoms with Crippen LogP contribution in [-0.2, 0) is 10.0 Å². The van der Waals surface area contributed by atoms with Crippen molar-refractivity contribution in [1.29, 1.82) is 0 Å². The summed E-state index contributed by atoms with van der Waals surface area (Å²) in [5, 5.41) is 11.7. The van der Waals surface area contributed by atoms with Crippen molar-refractivity contribution in [2.45, 2.75) is 25.7 Å². The Bertz CT molecular complexity index is 2400. The Morgan fingerprint density at radius 1 is 0.635 bits per heavy atom. The number of hydrogen-bond donors (Lipinski definition) is 3. The molecule has 0 amide bonds. The number of sulfonamides is 1. The van der Waals surface area contributed by atoms with Crippen LogP contribution >= 0.6 is 0 Å². The number of para-hydroxylation sites is 2. The van der Waals surface area contributed by atoms with Gasteiger partial charge in [-0.3, -0.25) is 4.72 Å². The topological polar surface area (TPSA) is 136 Å². The van der Waals surface area contributed by atoms with Gasteiger partial charge in [-0.2, -0.15) is 24.7 Å². The van der Waals surface area contributed by atoms with E-state index in [4.69, 9.17) is 24.8 Å². The third-order valence-electron chi connectivity index (χ3n) is 8.46. The highest BCUT2D eigenvalue weighted by Crippen LogP contribution is 2.31. The van der Waals surface area contributed by atoms with Gasteiger partial charge in [-0.1, -0.05) is 66.2 Å². The molecule has 0 aliphatic rings. The summed E-state index contributed by atoms with van der Waals surface area (Å²) in [6.45, 7) is 5.93. The van der Waals surface area contributed by atoms with Crippen LogP contribution < -0.4 is 20.1 Å². The standard InChI is InChI=1S/C40H36N8O3S/c1-26-13-23-33(24-14-26)52(49,50)47-31-19-15-29(16-20-31)36-25-37(30-17-21-32(51-4)22-18-30)48(46-36)40-44-38(41-34-11-7-5-9-27(34)2)43-39(45-40)42-35-12-8-6-10-28(35)3/h5-25,47H,1-4H3,(H2,41,42,43,44,45). The fraction of sp³-hybridized carbons (Fsp3) is 0.100. The van der Waals surface area contributed by atoms with E-state index in [-0.39, 0.29) is 10.8 Å². The first-order chi connectivity index (χ1) is 25.1. The predicted octanol–water partition coefficient (Wildman–Crippen LogP) is 8.61. The van der Waals surface area contributed by atoms with Crippen LogP contribution in [0.4, 0.5) is 29.0 Å². The second-order valence-corrected chi connectivity index (χ2v) is 13.9. The van der Waals surface area contributed by atoms with Crippen molar-refractivity contribution in [2.75, 3.05) is 22.5 Å². The number of benzene rings is 5. The van der Waals surface area contributed by atoms with Gasteiger partial charge in [0.25, 0.3) is 16.0 Å². The molecule has 0 fully saturated rings. The van der Waals surface area contributed by atoms with Crippen LogP contribution in [-0.4, -0.2) is 40.3 Å². The van der Waals surface area contributed by atoms with E-state index in [1.807, 2.05) is 112 Å². The van der Waals surface area contributed by atoms with E-state index in [1.165, 1.54) is 0 Å². The number of aryl methyl sites for hydroxylation is 3. The Morgan fingerprint density at radius 2 is 1.19 bits per heavy atom. The number of ether oxygens (including phenoxy) is 1. The van der Waals surface area contributed by atoms with Gasteiger partial charge >= 0.3 is 0 Å². The number of aromatic nitrogens is 5. The first kappa shape index (κ1) is 33.9. The lowest BCUT2D eigenvalue weighted by molar-refractivity contribution is 0.415. The molecule has 7 rings (SSSR count). The highest BCUT2D eigenvalue weighted by molar-refractivity contribution is 7.92. The van der Waals surface area contributed by atoms with Gasteiger partial charge in [0.15, 0.2) is 0 Å². The highest BCUT2D eigenvalue weighted by Gasteiger charge is 2.19. The van der Waals surface area contributed by atoms with Gasteiger partial charge < -0.3 is 15.4 Å². The van der Waals surface area contributed by atoms with E-state index in [2.05, 4.69) is 15.4 Å². The van der Waals surface area contributed by atoms with Crippen LogP contribution in [0.3, 0.4) is 0 Å². The van der Waals surface area contributed by atoms with E-state index >= 15 is 0 Å². The summed E-state index contributed by atoms with van der Waals surface area (Å²) in [6, 6.07) is 39.2. The lowest BCUT2D eigenvalue weighted by atomic mass is 10.1. The second kappa shape index (κ2) is 14.4. The molecule has 0 bridgehead atoms. The SMILES string of the molecule is COc1ccc(-c2cc(-c3ccc(NS(=O)(=O)c4ccc(C)cc4)cc3)nn2-c2nc(Nc3ccccc3C)nc(Nc3ccccc3C)n2)cc1. The van der Waals surface area contributed by atoms with E-state index in [0.29, 0.717) is 29.0 Å². The van der Waals surface area contributed by atoms with Crippen molar-refractivity contribution in [3.05, 3.63) is 144 Å². The smallest absolute Gasteiger partial charge is 0.261 e. The maximum atomic E-state index is 13.0. The molecule has 7 aromatic rings. The third-order valence-corrected chi connectivity index (χ3v) is 9.85. The van der Waals surface area contributed by atoms with Gasteiger partial charge in [-0.15, -0.1) is 0 Å². The highest BCUT2D eigenvalue weighted by atomic mass is 32.2. The van der Waals surface area contributed by atoms with E-state index < -0.39 is 10.0 Å². The van der Waals surface area contributed by atoms with Gasteiger partial charge in [0, 0.05) is 28.2 Å². The average Bonchev–Trinajstić information content (AvgIpc) is 3.60. The summed E-state index contributed by atoms with van der Waals surface area (Å²) in [4.78, 5) is 14.6. The van der Waals surface area contributed by atoms with Crippen LogP contribution in [0.1, 0.15) is 16.7 Å². The number of rotatable bonds is 11. The Hall–Kier alpha value is -6.53. The molecule has 2 heterocycles. The molecule has 0 atom stereocenters. The third kappa shape index (κ3) is 7.47. The summed E-state index contributed by atoms with van der Waals surface area (Å²) >= 11 is 0. The number of methoxy groups -OCH3 is 1. The average molecular weight is 709 g/mol. The minimum absolute atomic E-state index is 0.190. The zero-order valence-corrected chi connectivity index (χ0v) is 29.8. The van der Waals surface area contributed by atoms with Crippen molar-refractivity contribution < 1.29 is 13.2 Å². The summed E-state index contributed by atoms with van der Waals surface area (Å²) in [5.41, 5.74) is 8.14. The Balaban J connectivity index is 1.30. The lowest BCUT2D eigenvalue weighted by Gasteiger charge is -2.14. The molecule has 0 unspecified atom stereocenters. The summed E-state index contributed by atoms with van der Waals surface area (Å²) in [7, 11) is -2.14. The molecule has 260 valence electrons. The molecule has 2 aromatic heterocycles. The molecule has 5 aromatic carbocycles. The van der Waals surface area contributed by atoms with E-state index in [0.717, 1.165) is 44.9 Å². The molecule has 11 nitrogen and oxygen atoms in total. The van der Waals surface area contributed by atoms with Gasteiger partial charge in [-0.05, 0) is 98.6 Å². The molecule has 0 spiro atoms. The number of nitrogens with zero attached hydrogens (tertiary/aromatic N) is 5. The van der Waals surface area contributed by atoms with Crippen LogP contribution in [0.5, 0.6) is 5.75 Å². The molecule has 0 aliphatic carbocycles. The zero-order valence-electron chi connectivity index (χ0n) is 29.0. The predicted molar refractivity (Wildman–Crippen MR) is 205 cm³/mol. The molecule has 0 saturated heterocycles. The van der Waals surface area contributed by atoms with Crippen LogP contribution in [0.25, 0.3) is 28.5 Å². The zero-order chi connectivity index (χ0) is 36.2. The molecular formula is C40H36N8O3S.